The number of ether oxygens (including phenoxy) is 2. The summed E-state index contributed by atoms with van der Waals surface area (Å²) in [4.78, 5) is 28.1. The summed E-state index contributed by atoms with van der Waals surface area (Å²) < 4.78 is 11.0. The van der Waals surface area contributed by atoms with E-state index in [1.165, 1.54) is 0 Å². The van der Waals surface area contributed by atoms with Crippen molar-refractivity contribution in [1.29, 1.82) is 0 Å². The first-order valence-corrected chi connectivity index (χ1v) is 8.15. The fourth-order valence-electron chi connectivity index (χ4n) is 2.89. The molecule has 1 saturated heterocycles. The summed E-state index contributed by atoms with van der Waals surface area (Å²) >= 11 is 0. The van der Waals surface area contributed by atoms with E-state index < -0.39 is 0 Å². The molecule has 0 radical (unpaired) electrons. The molecule has 3 rings (SSSR count). The minimum absolute atomic E-state index is 0.0236. The van der Waals surface area contributed by atoms with Gasteiger partial charge in [-0.25, -0.2) is 0 Å². The van der Waals surface area contributed by atoms with Crippen molar-refractivity contribution in [2.24, 2.45) is 0 Å². The molecule has 0 aliphatic carbocycles. The zero-order valence-electron chi connectivity index (χ0n) is 13.4. The van der Waals surface area contributed by atoms with Crippen LogP contribution in [0.1, 0.15) is 30.1 Å². The van der Waals surface area contributed by atoms with Crippen LogP contribution in [0.3, 0.4) is 0 Å². The van der Waals surface area contributed by atoms with Crippen LogP contribution < -0.4 is 9.47 Å². The molecule has 2 aliphatic rings. The van der Waals surface area contributed by atoms with E-state index in [0.717, 1.165) is 6.42 Å². The third kappa shape index (κ3) is 3.41. The molecule has 124 valence electrons. The second-order valence-electron chi connectivity index (χ2n) is 5.78. The Hall–Kier alpha value is -2.24. The highest BCUT2D eigenvalue weighted by Crippen LogP contribution is 2.31. The number of carbonyl (C=O) groups is 2. The number of hydrogen-bond donors (Lipinski definition) is 0. The lowest BCUT2D eigenvalue weighted by atomic mass is 10.1. The molecule has 0 saturated carbocycles. The van der Waals surface area contributed by atoms with Gasteiger partial charge in [0.2, 0.25) is 5.91 Å². The van der Waals surface area contributed by atoms with Gasteiger partial charge in [0.25, 0.3) is 5.91 Å². The molecule has 6 heteroatoms. The SMILES string of the molecule is CCCC(=O)N1CCN(C(=O)c2ccc3c(c2)OCCO3)CC1. The van der Waals surface area contributed by atoms with E-state index in [0.29, 0.717) is 62.9 Å². The van der Waals surface area contributed by atoms with Gasteiger partial charge in [0, 0.05) is 38.2 Å². The largest absolute Gasteiger partial charge is 0.486 e. The molecule has 23 heavy (non-hydrogen) atoms. The normalized spacial score (nSPS) is 17.1. The molecule has 2 amide bonds. The van der Waals surface area contributed by atoms with Crippen molar-refractivity contribution in [3.63, 3.8) is 0 Å². The Morgan fingerprint density at radius 1 is 1.00 bits per heavy atom. The fourth-order valence-corrected chi connectivity index (χ4v) is 2.89. The number of benzene rings is 1. The molecule has 0 spiro atoms. The van der Waals surface area contributed by atoms with E-state index in [-0.39, 0.29) is 11.8 Å². The molecule has 1 aromatic carbocycles. The van der Waals surface area contributed by atoms with Crippen molar-refractivity contribution < 1.29 is 19.1 Å². The van der Waals surface area contributed by atoms with Crippen LogP contribution in [-0.2, 0) is 4.79 Å². The van der Waals surface area contributed by atoms with Crippen LogP contribution in [-0.4, -0.2) is 61.0 Å². The van der Waals surface area contributed by atoms with Crippen LogP contribution in [0.25, 0.3) is 0 Å². The smallest absolute Gasteiger partial charge is 0.254 e. The minimum atomic E-state index is -0.0236. The van der Waals surface area contributed by atoms with Crippen molar-refractivity contribution >= 4 is 11.8 Å². The Morgan fingerprint density at radius 3 is 2.35 bits per heavy atom. The van der Waals surface area contributed by atoms with Crippen LogP contribution in [0.2, 0.25) is 0 Å². The van der Waals surface area contributed by atoms with Gasteiger partial charge >= 0.3 is 0 Å². The molecule has 0 unspecified atom stereocenters. The van der Waals surface area contributed by atoms with Crippen molar-refractivity contribution in [3.8, 4) is 11.5 Å². The lowest BCUT2D eigenvalue weighted by Gasteiger charge is -2.35. The number of nitrogens with zero attached hydrogens (tertiary/aromatic N) is 2. The van der Waals surface area contributed by atoms with Gasteiger partial charge in [0.05, 0.1) is 0 Å². The van der Waals surface area contributed by atoms with Crippen molar-refractivity contribution in [3.05, 3.63) is 23.8 Å². The first-order valence-electron chi connectivity index (χ1n) is 8.15. The fraction of sp³-hybridized carbons (Fsp3) is 0.529. The predicted molar refractivity (Wildman–Crippen MR) is 84.8 cm³/mol. The Labute approximate surface area is 136 Å². The molecule has 6 nitrogen and oxygen atoms in total. The summed E-state index contributed by atoms with van der Waals surface area (Å²) in [5.74, 6) is 1.46. The minimum Gasteiger partial charge on any atom is -0.486 e. The van der Waals surface area contributed by atoms with Crippen LogP contribution >= 0.6 is 0 Å². The lowest BCUT2D eigenvalue weighted by molar-refractivity contribution is -0.132. The van der Waals surface area contributed by atoms with Gasteiger partial charge in [0.1, 0.15) is 13.2 Å². The number of fused-ring (bicyclic) bond motifs is 1. The van der Waals surface area contributed by atoms with Gasteiger partial charge in [0.15, 0.2) is 11.5 Å². The lowest BCUT2D eigenvalue weighted by Crippen LogP contribution is -2.50. The molecule has 0 bridgehead atoms. The van der Waals surface area contributed by atoms with Gasteiger partial charge in [-0.1, -0.05) is 6.92 Å². The summed E-state index contributed by atoms with van der Waals surface area (Å²) in [6, 6.07) is 5.29. The monoisotopic (exact) mass is 318 g/mol. The van der Waals surface area contributed by atoms with Crippen molar-refractivity contribution in [2.75, 3.05) is 39.4 Å². The van der Waals surface area contributed by atoms with E-state index in [4.69, 9.17) is 9.47 Å². The summed E-state index contributed by atoms with van der Waals surface area (Å²) in [7, 11) is 0. The highest BCUT2D eigenvalue weighted by Gasteiger charge is 2.25. The zero-order valence-corrected chi connectivity index (χ0v) is 13.4. The van der Waals surface area contributed by atoms with Gasteiger partial charge in [-0.3, -0.25) is 9.59 Å². The number of carbonyl (C=O) groups excluding carboxylic acids is 2. The summed E-state index contributed by atoms with van der Waals surface area (Å²) in [6.45, 7) is 5.40. The van der Waals surface area contributed by atoms with E-state index in [9.17, 15) is 9.59 Å². The maximum atomic E-state index is 12.6. The maximum absolute atomic E-state index is 12.6. The third-order valence-electron chi connectivity index (χ3n) is 4.17. The maximum Gasteiger partial charge on any atom is 0.254 e. The Kier molecular flexibility index (Phi) is 4.69. The summed E-state index contributed by atoms with van der Waals surface area (Å²) in [6.07, 6.45) is 1.44. The van der Waals surface area contributed by atoms with Gasteiger partial charge in [-0.2, -0.15) is 0 Å². The Morgan fingerprint density at radius 2 is 1.65 bits per heavy atom. The van der Waals surface area contributed by atoms with Crippen LogP contribution in [0, 0.1) is 0 Å². The first-order chi connectivity index (χ1) is 11.2. The second kappa shape index (κ2) is 6.89. The third-order valence-corrected chi connectivity index (χ3v) is 4.17. The molecule has 0 N–H and O–H groups in total. The quantitative estimate of drug-likeness (QED) is 0.848. The predicted octanol–water partition coefficient (Wildman–Crippen LogP) is 1.54. The summed E-state index contributed by atoms with van der Waals surface area (Å²) in [5.41, 5.74) is 0.600. The second-order valence-corrected chi connectivity index (χ2v) is 5.78. The average Bonchev–Trinajstić information content (AvgIpc) is 2.61. The first kappa shape index (κ1) is 15.6. The highest BCUT2D eigenvalue weighted by atomic mass is 16.6. The van der Waals surface area contributed by atoms with Gasteiger partial charge in [-0.15, -0.1) is 0 Å². The Bertz CT molecular complexity index is 594. The molecule has 1 fully saturated rings. The Balaban J connectivity index is 1.62. The topological polar surface area (TPSA) is 59.1 Å². The standard InChI is InChI=1S/C17H22N2O4/c1-2-3-16(20)18-6-8-19(9-7-18)17(21)13-4-5-14-15(12-13)23-11-10-22-14/h4-5,12H,2-3,6-11H2,1H3. The van der Waals surface area contributed by atoms with Gasteiger partial charge in [-0.05, 0) is 24.6 Å². The number of amides is 2. The zero-order chi connectivity index (χ0) is 16.2. The molecular formula is C17H22N2O4. The summed E-state index contributed by atoms with van der Waals surface area (Å²) in [5, 5.41) is 0. The molecular weight excluding hydrogens is 296 g/mol. The number of rotatable bonds is 3. The van der Waals surface area contributed by atoms with Crippen LogP contribution in [0.15, 0.2) is 18.2 Å². The van der Waals surface area contributed by atoms with Crippen LogP contribution in [0.5, 0.6) is 11.5 Å². The van der Waals surface area contributed by atoms with Crippen molar-refractivity contribution in [1.82, 2.24) is 9.80 Å². The van der Waals surface area contributed by atoms with E-state index in [1.54, 1.807) is 23.1 Å². The molecule has 1 aromatic rings. The average molecular weight is 318 g/mol. The number of hydrogen-bond acceptors (Lipinski definition) is 4. The van der Waals surface area contributed by atoms with Crippen LogP contribution in [0.4, 0.5) is 0 Å². The molecule has 0 atom stereocenters. The molecule has 2 aliphatic heterocycles. The van der Waals surface area contributed by atoms with E-state index >= 15 is 0 Å². The van der Waals surface area contributed by atoms with E-state index in [1.807, 2.05) is 11.8 Å². The highest BCUT2D eigenvalue weighted by molar-refractivity contribution is 5.95. The van der Waals surface area contributed by atoms with Gasteiger partial charge < -0.3 is 19.3 Å². The number of piperazine rings is 1. The molecule has 2 heterocycles. The van der Waals surface area contributed by atoms with E-state index in [2.05, 4.69) is 0 Å². The van der Waals surface area contributed by atoms with Crippen molar-refractivity contribution in [2.45, 2.75) is 19.8 Å². The molecule has 0 aromatic heterocycles.